The minimum absolute atomic E-state index is 0.0104. The van der Waals surface area contributed by atoms with Gasteiger partial charge in [0.2, 0.25) is 0 Å². The van der Waals surface area contributed by atoms with E-state index in [1.165, 1.54) is 22.1 Å². The highest BCUT2D eigenvalue weighted by molar-refractivity contribution is 6.31. The fourth-order valence-electron chi connectivity index (χ4n) is 6.14. The number of hydrogen-bond acceptors (Lipinski definition) is 2. The molecule has 2 aromatic heterocycles. The molecule has 0 amide bonds. The standard InChI is InChI=1S/C39H39ClN2O/c1-24(2)29-12-8-9-13-30(29)33-21-27(40)22-36(38(33)25(3)4)43-28-16-17-32-31-14-10-11-15-34(31)42(35(32)23-28)37-20-26(18-19-41-37)39(5,6)7/h8-25H,1-7H3. The second-order valence-corrected chi connectivity index (χ2v) is 13.5. The third-order valence-electron chi connectivity index (χ3n) is 8.27. The van der Waals surface area contributed by atoms with E-state index in [-0.39, 0.29) is 11.3 Å². The van der Waals surface area contributed by atoms with Gasteiger partial charge in [-0.25, -0.2) is 4.98 Å². The van der Waals surface area contributed by atoms with Crippen LogP contribution in [0.15, 0.2) is 97.2 Å². The van der Waals surface area contributed by atoms with Crippen LogP contribution in [0.5, 0.6) is 11.5 Å². The van der Waals surface area contributed by atoms with Gasteiger partial charge >= 0.3 is 0 Å². The molecule has 0 aliphatic carbocycles. The first-order valence-electron chi connectivity index (χ1n) is 15.1. The Morgan fingerprint density at radius 3 is 2.19 bits per heavy atom. The Morgan fingerprint density at radius 1 is 0.721 bits per heavy atom. The molecule has 4 heteroatoms. The Bertz CT molecular complexity index is 1960. The maximum Gasteiger partial charge on any atom is 0.137 e. The smallest absolute Gasteiger partial charge is 0.137 e. The van der Waals surface area contributed by atoms with E-state index in [9.17, 15) is 0 Å². The Hall–Kier alpha value is -4.08. The number of hydrogen-bond donors (Lipinski definition) is 0. The molecule has 43 heavy (non-hydrogen) atoms. The van der Waals surface area contributed by atoms with E-state index in [2.05, 4.69) is 138 Å². The van der Waals surface area contributed by atoms with Gasteiger partial charge in [-0.15, -0.1) is 0 Å². The first kappa shape index (κ1) is 29.0. The lowest BCUT2D eigenvalue weighted by Crippen LogP contribution is -2.12. The number of aromatic nitrogens is 2. The van der Waals surface area contributed by atoms with Gasteiger partial charge in [0.25, 0.3) is 0 Å². The predicted octanol–water partition coefficient (Wildman–Crippen LogP) is 11.8. The number of halogens is 1. The third kappa shape index (κ3) is 5.43. The highest BCUT2D eigenvalue weighted by Gasteiger charge is 2.21. The Balaban J connectivity index is 1.53. The van der Waals surface area contributed by atoms with Crippen LogP contribution < -0.4 is 4.74 Å². The summed E-state index contributed by atoms with van der Waals surface area (Å²) < 4.78 is 9.02. The molecule has 0 radical (unpaired) electrons. The van der Waals surface area contributed by atoms with E-state index < -0.39 is 0 Å². The van der Waals surface area contributed by atoms with Crippen LogP contribution >= 0.6 is 11.6 Å². The Kier molecular flexibility index (Phi) is 7.56. The quantitative estimate of drug-likeness (QED) is 0.194. The van der Waals surface area contributed by atoms with Gasteiger partial charge < -0.3 is 4.74 Å². The van der Waals surface area contributed by atoms with Crippen LogP contribution in [0.4, 0.5) is 0 Å². The molecule has 0 unspecified atom stereocenters. The van der Waals surface area contributed by atoms with Crippen molar-refractivity contribution in [2.24, 2.45) is 0 Å². The Labute approximate surface area is 260 Å². The molecule has 0 saturated heterocycles. The monoisotopic (exact) mass is 586 g/mol. The summed E-state index contributed by atoms with van der Waals surface area (Å²) >= 11 is 6.79. The normalized spacial score (nSPS) is 12.1. The molecule has 0 atom stereocenters. The zero-order valence-corrected chi connectivity index (χ0v) is 26.8. The minimum Gasteiger partial charge on any atom is -0.457 e. The molecule has 0 bridgehead atoms. The van der Waals surface area contributed by atoms with Gasteiger partial charge in [-0.3, -0.25) is 4.57 Å². The molecule has 0 aliphatic rings. The fraction of sp³-hybridized carbons (Fsp3) is 0.256. The maximum atomic E-state index is 6.79. The minimum atomic E-state index is 0.0104. The van der Waals surface area contributed by atoms with Crippen molar-refractivity contribution in [2.45, 2.75) is 65.7 Å². The molecule has 0 aliphatic heterocycles. The second kappa shape index (κ2) is 11.2. The molecule has 3 nitrogen and oxygen atoms in total. The number of para-hydroxylation sites is 1. The van der Waals surface area contributed by atoms with Gasteiger partial charge in [0.05, 0.1) is 11.0 Å². The molecular weight excluding hydrogens is 548 g/mol. The highest BCUT2D eigenvalue weighted by Crippen LogP contribution is 2.44. The van der Waals surface area contributed by atoms with Gasteiger partial charge in [-0.1, -0.05) is 103 Å². The molecule has 218 valence electrons. The van der Waals surface area contributed by atoms with Crippen molar-refractivity contribution in [1.82, 2.24) is 9.55 Å². The third-order valence-corrected chi connectivity index (χ3v) is 8.49. The van der Waals surface area contributed by atoms with Gasteiger partial charge in [0.1, 0.15) is 17.3 Å². The topological polar surface area (TPSA) is 27.1 Å². The van der Waals surface area contributed by atoms with Crippen molar-refractivity contribution in [3.05, 3.63) is 119 Å². The second-order valence-electron chi connectivity index (χ2n) is 13.0. The molecule has 0 saturated carbocycles. The average molecular weight is 587 g/mol. The maximum absolute atomic E-state index is 6.79. The number of fused-ring (bicyclic) bond motifs is 3. The lowest BCUT2D eigenvalue weighted by Gasteiger charge is -2.22. The number of ether oxygens (including phenoxy) is 1. The van der Waals surface area contributed by atoms with E-state index >= 15 is 0 Å². The van der Waals surface area contributed by atoms with Gasteiger partial charge in [0, 0.05) is 33.6 Å². The fourth-order valence-corrected chi connectivity index (χ4v) is 6.34. The van der Waals surface area contributed by atoms with Gasteiger partial charge in [-0.2, -0.15) is 0 Å². The summed E-state index contributed by atoms with van der Waals surface area (Å²) in [5, 5.41) is 3.00. The molecule has 4 aromatic carbocycles. The van der Waals surface area contributed by atoms with Gasteiger partial charge in [0.15, 0.2) is 0 Å². The lowest BCUT2D eigenvalue weighted by molar-refractivity contribution is 0.474. The van der Waals surface area contributed by atoms with E-state index in [4.69, 9.17) is 21.3 Å². The zero-order chi connectivity index (χ0) is 30.5. The molecule has 6 aromatic rings. The van der Waals surface area contributed by atoms with E-state index in [1.807, 2.05) is 12.3 Å². The summed E-state index contributed by atoms with van der Waals surface area (Å²) in [4.78, 5) is 4.83. The van der Waals surface area contributed by atoms with Crippen LogP contribution in [0.2, 0.25) is 5.02 Å². The van der Waals surface area contributed by atoms with Crippen molar-refractivity contribution in [3.63, 3.8) is 0 Å². The van der Waals surface area contributed by atoms with Crippen molar-refractivity contribution in [2.75, 3.05) is 0 Å². The number of nitrogens with zero attached hydrogens (tertiary/aromatic N) is 2. The van der Waals surface area contributed by atoms with Crippen molar-refractivity contribution >= 4 is 33.4 Å². The summed E-state index contributed by atoms with van der Waals surface area (Å²) in [6.07, 6.45) is 1.91. The Morgan fingerprint density at radius 2 is 1.44 bits per heavy atom. The number of benzene rings is 4. The molecule has 6 rings (SSSR count). The van der Waals surface area contributed by atoms with Crippen LogP contribution in [-0.2, 0) is 5.41 Å². The summed E-state index contributed by atoms with van der Waals surface area (Å²) in [6, 6.07) is 31.8. The summed E-state index contributed by atoms with van der Waals surface area (Å²) in [7, 11) is 0. The number of rotatable bonds is 6. The molecule has 0 spiro atoms. The molecular formula is C39H39ClN2O. The van der Waals surface area contributed by atoms with Crippen molar-refractivity contribution in [3.8, 4) is 28.4 Å². The first-order chi connectivity index (χ1) is 20.5. The number of pyridine rings is 1. The van der Waals surface area contributed by atoms with Crippen LogP contribution in [-0.4, -0.2) is 9.55 Å². The van der Waals surface area contributed by atoms with Crippen LogP contribution in [0.1, 0.15) is 77.0 Å². The summed E-state index contributed by atoms with van der Waals surface area (Å²) in [5.41, 5.74) is 8.20. The summed E-state index contributed by atoms with van der Waals surface area (Å²) in [5.74, 6) is 3.05. The summed E-state index contributed by atoms with van der Waals surface area (Å²) in [6.45, 7) is 15.6. The molecule has 2 heterocycles. The van der Waals surface area contributed by atoms with Gasteiger partial charge in [-0.05, 0) is 82.0 Å². The average Bonchev–Trinajstić information content (AvgIpc) is 3.30. The van der Waals surface area contributed by atoms with Crippen LogP contribution in [0.3, 0.4) is 0 Å². The highest BCUT2D eigenvalue weighted by atomic mass is 35.5. The van der Waals surface area contributed by atoms with E-state index in [0.717, 1.165) is 44.9 Å². The van der Waals surface area contributed by atoms with Crippen LogP contribution in [0.25, 0.3) is 38.8 Å². The van der Waals surface area contributed by atoms with Crippen LogP contribution in [0, 0.1) is 0 Å². The SMILES string of the molecule is CC(C)c1ccccc1-c1cc(Cl)cc(Oc2ccc3c4ccccc4n(-c4cc(C(C)(C)C)ccn4)c3c2)c1C(C)C. The zero-order valence-electron chi connectivity index (χ0n) is 26.1. The molecule has 0 N–H and O–H groups in total. The lowest BCUT2D eigenvalue weighted by atomic mass is 9.86. The largest absolute Gasteiger partial charge is 0.457 e. The van der Waals surface area contributed by atoms with Crippen molar-refractivity contribution in [1.29, 1.82) is 0 Å². The molecule has 0 fully saturated rings. The van der Waals surface area contributed by atoms with E-state index in [0.29, 0.717) is 10.9 Å². The van der Waals surface area contributed by atoms with E-state index in [1.54, 1.807) is 0 Å². The van der Waals surface area contributed by atoms with Crippen molar-refractivity contribution < 1.29 is 4.74 Å². The first-order valence-corrected chi connectivity index (χ1v) is 15.5. The predicted molar refractivity (Wildman–Crippen MR) is 182 cm³/mol.